The van der Waals surface area contributed by atoms with Gasteiger partial charge in [0.15, 0.2) is 11.4 Å². The van der Waals surface area contributed by atoms with Gasteiger partial charge in [0, 0.05) is 13.1 Å². The zero-order valence-corrected chi connectivity index (χ0v) is 16.0. The van der Waals surface area contributed by atoms with Crippen molar-refractivity contribution >= 4 is 16.9 Å². The fourth-order valence-electron chi connectivity index (χ4n) is 3.20. The van der Waals surface area contributed by atoms with Crippen molar-refractivity contribution in [3.63, 3.8) is 0 Å². The van der Waals surface area contributed by atoms with Crippen LogP contribution in [0.25, 0.3) is 16.7 Å². The molecule has 31 heavy (non-hydrogen) atoms. The molecular formula is C20H16F4N6O. The molecule has 0 aliphatic rings. The van der Waals surface area contributed by atoms with Crippen LogP contribution in [-0.2, 0) is 12.7 Å². The average molecular weight is 432 g/mol. The molecule has 0 aliphatic heterocycles. The summed E-state index contributed by atoms with van der Waals surface area (Å²) >= 11 is 0. The molecule has 4 rings (SSSR count). The number of carbonyl (C=O) groups is 1. The molecule has 7 nitrogen and oxygen atoms in total. The van der Waals surface area contributed by atoms with E-state index < -0.39 is 29.3 Å². The molecule has 0 saturated heterocycles. The number of aryl methyl sites for hydroxylation is 1. The summed E-state index contributed by atoms with van der Waals surface area (Å²) in [6, 6.07) is 12.0. The number of para-hydroxylation sites is 2. The lowest BCUT2D eigenvalue weighted by Gasteiger charge is -2.11. The number of amides is 1. The minimum absolute atomic E-state index is 0.120. The Hall–Kier alpha value is -3.76. The molecule has 11 heteroatoms. The standard InChI is InChI=1S/C20H16F4N6O/c21-13-5-3-6-14(11-13)30-18(20(22,23)24)17(27-28-30)19(31)25-9-4-10-29-12-26-15-7-1-2-8-16(15)29/h1-3,5-8,11-12H,4,9-10H2,(H,25,31). The number of aromatic nitrogens is 5. The lowest BCUT2D eigenvalue weighted by molar-refractivity contribution is -0.143. The number of fused-ring (bicyclic) bond motifs is 1. The number of benzene rings is 2. The largest absolute Gasteiger partial charge is 0.435 e. The maximum absolute atomic E-state index is 13.6. The molecule has 0 radical (unpaired) electrons. The van der Waals surface area contributed by atoms with Crippen molar-refractivity contribution in [1.82, 2.24) is 29.9 Å². The molecule has 0 atom stereocenters. The second-order valence-corrected chi connectivity index (χ2v) is 6.71. The number of nitrogens with one attached hydrogen (secondary N) is 1. The van der Waals surface area contributed by atoms with Crippen molar-refractivity contribution in [3.05, 3.63) is 72.1 Å². The predicted molar refractivity (Wildman–Crippen MR) is 103 cm³/mol. The number of carbonyl (C=O) groups excluding carboxylic acids is 1. The molecule has 1 amide bonds. The van der Waals surface area contributed by atoms with Gasteiger partial charge in [-0.15, -0.1) is 5.10 Å². The Morgan fingerprint density at radius 1 is 1.10 bits per heavy atom. The van der Waals surface area contributed by atoms with Gasteiger partial charge in [-0.25, -0.2) is 14.1 Å². The van der Waals surface area contributed by atoms with Crippen LogP contribution < -0.4 is 5.32 Å². The molecule has 0 bridgehead atoms. The zero-order valence-electron chi connectivity index (χ0n) is 16.0. The van der Waals surface area contributed by atoms with Gasteiger partial charge in [-0.1, -0.05) is 23.4 Å². The fourth-order valence-corrected chi connectivity index (χ4v) is 3.20. The Balaban J connectivity index is 1.47. The van der Waals surface area contributed by atoms with Gasteiger partial charge in [-0.3, -0.25) is 4.79 Å². The Labute approximate surface area is 173 Å². The Kier molecular flexibility index (Phi) is 5.40. The third-order valence-electron chi connectivity index (χ3n) is 4.60. The predicted octanol–water partition coefficient (Wildman–Crippen LogP) is 3.60. The highest BCUT2D eigenvalue weighted by Gasteiger charge is 2.42. The van der Waals surface area contributed by atoms with Crippen LogP contribution in [0.3, 0.4) is 0 Å². The quantitative estimate of drug-likeness (QED) is 0.373. The first-order valence-electron chi connectivity index (χ1n) is 9.31. The minimum atomic E-state index is -4.92. The van der Waals surface area contributed by atoms with E-state index in [0.29, 0.717) is 17.6 Å². The molecular weight excluding hydrogens is 416 g/mol. The first-order chi connectivity index (χ1) is 14.8. The van der Waals surface area contributed by atoms with Crippen LogP contribution in [0.2, 0.25) is 0 Å². The van der Waals surface area contributed by atoms with Crippen LogP contribution in [0.5, 0.6) is 0 Å². The van der Waals surface area contributed by atoms with Crippen molar-refractivity contribution in [1.29, 1.82) is 0 Å². The summed E-state index contributed by atoms with van der Waals surface area (Å²) in [5.41, 5.74) is -0.673. The van der Waals surface area contributed by atoms with Crippen LogP contribution in [0.1, 0.15) is 22.6 Å². The summed E-state index contributed by atoms with van der Waals surface area (Å²) in [5, 5.41) is 9.26. The van der Waals surface area contributed by atoms with Crippen LogP contribution in [-0.4, -0.2) is 37.0 Å². The highest BCUT2D eigenvalue weighted by Crippen LogP contribution is 2.32. The second kappa shape index (κ2) is 8.17. The molecule has 0 aliphatic carbocycles. The fraction of sp³-hybridized carbons (Fsp3) is 0.200. The van der Waals surface area contributed by atoms with Crippen LogP contribution >= 0.6 is 0 Å². The number of alkyl halides is 3. The van der Waals surface area contributed by atoms with Gasteiger partial charge in [0.2, 0.25) is 0 Å². The van der Waals surface area contributed by atoms with Gasteiger partial charge >= 0.3 is 6.18 Å². The minimum Gasteiger partial charge on any atom is -0.351 e. The number of halogens is 4. The summed E-state index contributed by atoms with van der Waals surface area (Å²) in [5.74, 6) is -1.75. The summed E-state index contributed by atoms with van der Waals surface area (Å²) in [4.78, 5) is 16.6. The maximum atomic E-state index is 13.6. The molecule has 0 fully saturated rings. The number of rotatable bonds is 6. The maximum Gasteiger partial charge on any atom is 0.435 e. The lowest BCUT2D eigenvalue weighted by atomic mass is 10.2. The summed E-state index contributed by atoms with van der Waals surface area (Å²) < 4.78 is 56.6. The van der Waals surface area contributed by atoms with Crippen molar-refractivity contribution in [2.75, 3.05) is 6.54 Å². The van der Waals surface area contributed by atoms with Crippen molar-refractivity contribution < 1.29 is 22.4 Å². The molecule has 0 unspecified atom stereocenters. The topological polar surface area (TPSA) is 77.6 Å². The Bertz CT molecular complexity index is 1230. The lowest BCUT2D eigenvalue weighted by Crippen LogP contribution is -2.28. The van der Waals surface area contributed by atoms with Gasteiger partial charge in [0.05, 0.1) is 23.0 Å². The van der Waals surface area contributed by atoms with E-state index in [0.717, 1.165) is 23.2 Å². The van der Waals surface area contributed by atoms with Gasteiger partial charge in [0.25, 0.3) is 5.91 Å². The van der Waals surface area contributed by atoms with Crippen molar-refractivity contribution in [2.24, 2.45) is 0 Å². The Morgan fingerprint density at radius 3 is 2.68 bits per heavy atom. The highest BCUT2D eigenvalue weighted by atomic mass is 19.4. The van der Waals surface area contributed by atoms with E-state index >= 15 is 0 Å². The summed E-state index contributed by atoms with van der Waals surface area (Å²) in [6.07, 6.45) is -2.79. The van der Waals surface area contributed by atoms with E-state index in [9.17, 15) is 22.4 Å². The molecule has 160 valence electrons. The van der Waals surface area contributed by atoms with E-state index in [-0.39, 0.29) is 12.2 Å². The van der Waals surface area contributed by atoms with E-state index in [1.54, 1.807) is 6.33 Å². The van der Waals surface area contributed by atoms with Gasteiger partial charge in [-0.05, 0) is 36.8 Å². The van der Waals surface area contributed by atoms with E-state index in [1.165, 1.54) is 12.1 Å². The molecule has 4 aromatic rings. The summed E-state index contributed by atoms with van der Waals surface area (Å²) in [7, 11) is 0. The van der Waals surface area contributed by atoms with Gasteiger partial charge in [0.1, 0.15) is 5.82 Å². The third kappa shape index (κ3) is 4.25. The van der Waals surface area contributed by atoms with Gasteiger partial charge < -0.3 is 9.88 Å². The van der Waals surface area contributed by atoms with E-state index in [4.69, 9.17) is 0 Å². The molecule has 1 N–H and O–H groups in total. The zero-order chi connectivity index (χ0) is 22.0. The number of hydrogen-bond donors (Lipinski definition) is 1. The monoisotopic (exact) mass is 432 g/mol. The average Bonchev–Trinajstić information content (AvgIpc) is 3.36. The van der Waals surface area contributed by atoms with Crippen LogP contribution in [0.4, 0.5) is 17.6 Å². The first kappa shape index (κ1) is 20.5. The van der Waals surface area contributed by atoms with Crippen molar-refractivity contribution in [3.8, 4) is 5.69 Å². The molecule has 2 heterocycles. The SMILES string of the molecule is O=C(NCCCn1cnc2ccccc21)c1nnn(-c2cccc(F)c2)c1C(F)(F)F. The molecule has 0 saturated carbocycles. The van der Waals surface area contributed by atoms with E-state index in [1.807, 2.05) is 28.8 Å². The number of nitrogens with zero attached hydrogens (tertiary/aromatic N) is 5. The van der Waals surface area contributed by atoms with Gasteiger partial charge in [-0.2, -0.15) is 13.2 Å². The molecule has 0 spiro atoms. The second-order valence-electron chi connectivity index (χ2n) is 6.71. The smallest absolute Gasteiger partial charge is 0.351 e. The normalized spacial score (nSPS) is 11.7. The summed E-state index contributed by atoms with van der Waals surface area (Å²) in [6.45, 7) is 0.637. The first-order valence-corrected chi connectivity index (χ1v) is 9.31. The molecule has 2 aromatic heterocycles. The molecule has 2 aromatic carbocycles. The number of imidazole rings is 1. The number of hydrogen-bond acceptors (Lipinski definition) is 4. The van der Waals surface area contributed by atoms with Crippen LogP contribution in [0.15, 0.2) is 54.9 Å². The third-order valence-corrected chi connectivity index (χ3v) is 4.60. The Morgan fingerprint density at radius 2 is 1.90 bits per heavy atom. The van der Waals surface area contributed by atoms with Crippen molar-refractivity contribution in [2.45, 2.75) is 19.1 Å². The van der Waals surface area contributed by atoms with Crippen LogP contribution in [0, 0.1) is 5.82 Å². The van der Waals surface area contributed by atoms with E-state index in [2.05, 4.69) is 20.6 Å². The highest BCUT2D eigenvalue weighted by molar-refractivity contribution is 5.93.